The molecular formula is C28H41FN2O8. The molecule has 1 aliphatic rings. The molecule has 2 rings (SSSR count). The molecule has 0 fully saturated rings. The number of aliphatic hydroxyl groups is 4. The molecule has 0 saturated heterocycles. The number of rotatable bonds is 3. The van der Waals surface area contributed by atoms with Gasteiger partial charge < -0.3 is 41.3 Å². The van der Waals surface area contributed by atoms with Gasteiger partial charge in [0.1, 0.15) is 6.10 Å². The number of halogens is 1. The predicted molar refractivity (Wildman–Crippen MR) is 143 cm³/mol. The number of ether oxygens (including phenoxy) is 1. The Kier molecular flexibility index (Phi) is 11.9. The number of fused-ring (bicyclic) bond motifs is 2. The lowest BCUT2D eigenvalue weighted by atomic mass is 9.81. The van der Waals surface area contributed by atoms with Crippen LogP contribution in [0.3, 0.4) is 0 Å². The lowest BCUT2D eigenvalue weighted by molar-refractivity contribution is -0.112. The van der Waals surface area contributed by atoms with Crippen LogP contribution < -0.4 is 11.1 Å². The topological polar surface area (TPSA) is 183 Å². The maximum Gasteiger partial charge on any atom is 0.405 e. The van der Waals surface area contributed by atoms with Crippen LogP contribution in [0, 0.1) is 29.5 Å². The fourth-order valence-corrected chi connectivity index (χ4v) is 5.05. The zero-order valence-corrected chi connectivity index (χ0v) is 22.8. The van der Waals surface area contributed by atoms with E-state index >= 15 is 0 Å². The van der Waals surface area contributed by atoms with Crippen molar-refractivity contribution >= 4 is 17.7 Å². The lowest BCUT2D eigenvalue weighted by Gasteiger charge is -2.31. The first-order valence-electron chi connectivity index (χ1n) is 13.0. The number of carbonyl (C=O) groups excluding carboxylic acids is 2. The van der Waals surface area contributed by atoms with Crippen LogP contribution in [0.4, 0.5) is 14.9 Å². The molecule has 0 saturated carbocycles. The molecule has 0 aromatic heterocycles. The maximum atomic E-state index is 14.8. The molecule has 0 spiro atoms. The molecule has 2 amide bonds. The normalized spacial score (nSPS) is 29.7. The monoisotopic (exact) mass is 552 g/mol. The summed E-state index contributed by atoms with van der Waals surface area (Å²) >= 11 is 0. The van der Waals surface area contributed by atoms with E-state index in [0.29, 0.717) is 24.0 Å². The number of benzene rings is 1. The van der Waals surface area contributed by atoms with Gasteiger partial charge in [0.15, 0.2) is 11.6 Å². The Balaban J connectivity index is 2.56. The Morgan fingerprint density at radius 3 is 2.38 bits per heavy atom. The van der Waals surface area contributed by atoms with Crippen molar-refractivity contribution in [2.45, 2.75) is 65.3 Å². The van der Waals surface area contributed by atoms with E-state index in [1.165, 1.54) is 6.07 Å². The molecule has 1 aliphatic heterocycles. The average molecular weight is 553 g/mol. The highest BCUT2D eigenvalue weighted by Crippen LogP contribution is 2.36. The smallest absolute Gasteiger partial charge is 0.405 e. The third-order valence-corrected chi connectivity index (χ3v) is 7.35. The number of anilines is 1. The van der Waals surface area contributed by atoms with E-state index in [2.05, 4.69) is 5.32 Å². The second-order valence-corrected chi connectivity index (χ2v) is 10.5. The number of nitrogens with one attached hydrogen (secondary N) is 1. The van der Waals surface area contributed by atoms with E-state index in [9.17, 15) is 39.5 Å². The van der Waals surface area contributed by atoms with Crippen LogP contribution in [0.25, 0.3) is 0 Å². The van der Waals surface area contributed by atoms with Crippen LogP contribution in [0.5, 0.6) is 5.75 Å². The summed E-state index contributed by atoms with van der Waals surface area (Å²) in [6.07, 6.45) is -0.375. The molecule has 7 atom stereocenters. The number of nitrogens with two attached hydrogens (primary N) is 1. The summed E-state index contributed by atoms with van der Waals surface area (Å²) < 4.78 is 20.1. The molecule has 0 radical (unpaired) electrons. The molecule has 11 heteroatoms. The minimum absolute atomic E-state index is 0.0705. The fourth-order valence-electron chi connectivity index (χ4n) is 5.05. The van der Waals surface area contributed by atoms with Gasteiger partial charge in [-0.15, -0.1) is 0 Å². The Morgan fingerprint density at radius 2 is 1.79 bits per heavy atom. The Labute approximate surface area is 228 Å². The molecular weight excluding hydrogens is 511 g/mol. The third-order valence-electron chi connectivity index (χ3n) is 7.35. The highest BCUT2D eigenvalue weighted by molar-refractivity contribution is 6.03. The molecule has 1 aromatic rings. The molecule has 0 unspecified atom stereocenters. The minimum atomic E-state index is -1.42. The summed E-state index contributed by atoms with van der Waals surface area (Å²) in [4.78, 5) is 24.4. The van der Waals surface area contributed by atoms with Crippen LogP contribution in [0.15, 0.2) is 35.4 Å². The Bertz CT molecular complexity index is 1080. The van der Waals surface area contributed by atoms with Crippen molar-refractivity contribution in [3.05, 3.63) is 46.8 Å². The molecule has 2 bridgehead atoms. The first-order chi connectivity index (χ1) is 18.3. The molecule has 1 aromatic carbocycles. The van der Waals surface area contributed by atoms with Crippen molar-refractivity contribution in [3.63, 3.8) is 0 Å². The molecule has 218 valence electrons. The van der Waals surface area contributed by atoms with Gasteiger partial charge in [0.2, 0.25) is 0 Å². The largest absolute Gasteiger partial charge is 0.505 e. The zero-order chi connectivity index (χ0) is 29.4. The second-order valence-electron chi connectivity index (χ2n) is 10.5. The van der Waals surface area contributed by atoms with Gasteiger partial charge in [-0.05, 0) is 50.7 Å². The number of carbonyl (C=O) groups is 2. The van der Waals surface area contributed by atoms with Crippen LogP contribution in [-0.2, 0) is 9.53 Å². The summed E-state index contributed by atoms with van der Waals surface area (Å²) in [6, 6.07) is 2.27. The number of phenols is 1. The van der Waals surface area contributed by atoms with Gasteiger partial charge in [-0.3, -0.25) is 4.79 Å². The van der Waals surface area contributed by atoms with Gasteiger partial charge in [0.25, 0.3) is 5.91 Å². The van der Waals surface area contributed by atoms with Crippen molar-refractivity contribution in [3.8, 4) is 5.75 Å². The van der Waals surface area contributed by atoms with E-state index in [4.69, 9.17) is 10.5 Å². The number of phenolic OH excluding ortho intramolecular Hbond substituents is 1. The van der Waals surface area contributed by atoms with Crippen LogP contribution in [-0.4, -0.2) is 63.0 Å². The number of hydrogen-bond acceptors (Lipinski definition) is 8. The summed E-state index contributed by atoms with van der Waals surface area (Å²) in [6.45, 7) is 5.80. The second kappa shape index (κ2) is 14.4. The maximum absolute atomic E-state index is 14.8. The fraction of sp³-hybridized carbons (Fsp3) is 0.571. The van der Waals surface area contributed by atoms with Gasteiger partial charge in [-0.2, -0.15) is 0 Å². The highest BCUT2D eigenvalue weighted by Gasteiger charge is 2.31. The predicted octanol–water partition coefficient (Wildman–Crippen LogP) is 2.89. The van der Waals surface area contributed by atoms with E-state index in [1.807, 2.05) is 0 Å². The van der Waals surface area contributed by atoms with Crippen molar-refractivity contribution < 1.29 is 44.2 Å². The SMILES string of the molecule is CC1=CCC[C@H](CO)[C@@H](OC(N)=O)C(C)=C[C@H](C)[C@@H](O)[C@@H](CO)C[C@H](C)[C@@H](O)c2cc(cc(O)c2F)NC1=O. The van der Waals surface area contributed by atoms with Gasteiger partial charge in [0.05, 0.1) is 12.2 Å². The van der Waals surface area contributed by atoms with Crippen molar-refractivity contribution in [2.75, 3.05) is 18.5 Å². The standard InChI is InChI=1S/C28H41FN2O8/c1-14-6-5-7-18(12-32)26(39-28(30)38)17(4)8-15(2)24(35)19(13-33)9-16(3)25(36)21-10-20(31-27(14)37)11-22(34)23(21)29/h6,8,10-11,15-16,18-19,24-26,32-36H,5,7,9,12-13H2,1-4H3,(H2,30,38)(H,31,37)/t15-,16-,18+,19+,24+,25+,26-/m0/s1. The number of primary amides is 1. The van der Waals surface area contributed by atoms with Gasteiger partial charge >= 0.3 is 6.09 Å². The number of aromatic hydroxyl groups is 1. The number of allylic oxidation sites excluding steroid dienone is 1. The summed E-state index contributed by atoms with van der Waals surface area (Å²) in [5.74, 6) is -4.79. The summed E-state index contributed by atoms with van der Waals surface area (Å²) in [5.41, 5.74) is 5.97. The third kappa shape index (κ3) is 8.50. The van der Waals surface area contributed by atoms with Crippen molar-refractivity contribution in [1.82, 2.24) is 0 Å². The quantitative estimate of drug-likeness (QED) is 0.279. The van der Waals surface area contributed by atoms with Crippen molar-refractivity contribution in [2.24, 2.45) is 29.4 Å². The van der Waals surface area contributed by atoms with Gasteiger partial charge in [-0.25, -0.2) is 9.18 Å². The highest BCUT2D eigenvalue weighted by atomic mass is 19.1. The number of hydrogen-bond donors (Lipinski definition) is 7. The lowest BCUT2D eigenvalue weighted by Crippen LogP contribution is -2.35. The number of aliphatic hydroxyl groups excluding tert-OH is 4. The molecule has 39 heavy (non-hydrogen) atoms. The van der Waals surface area contributed by atoms with E-state index in [1.54, 1.807) is 39.8 Å². The Morgan fingerprint density at radius 1 is 1.15 bits per heavy atom. The molecule has 8 N–H and O–H groups in total. The molecule has 10 nitrogen and oxygen atoms in total. The minimum Gasteiger partial charge on any atom is -0.505 e. The zero-order valence-electron chi connectivity index (χ0n) is 22.8. The summed E-state index contributed by atoms with van der Waals surface area (Å²) in [7, 11) is 0. The van der Waals surface area contributed by atoms with E-state index < -0.39 is 72.2 Å². The molecule has 1 heterocycles. The number of amides is 2. The summed E-state index contributed by atoms with van der Waals surface area (Å²) in [5, 5.41) is 54.8. The van der Waals surface area contributed by atoms with Gasteiger partial charge in [-0.1, -0.05) is 26.0 Å². The van der Waals surface area contributed by atoms with Crippen molar-refractivity contribution in [1.29, 1.82) is 0 Å². The van der Waals surface area contributed by atoms with Gasteiger partial charge in [0, 0.05) is 53.9 Å². The average Bonchev–Trinajstić information content (AvgIpc) is 2.88. The van der Waals surface area contributed by atoms with Crippen LogP contribution in [0.2, 0.25) is 0 Å². The molecule has 0 aliphatic carbocycles. The Hall–Kier alpha value is -2.99. The van der Waals surface area contributed by atoms with E-state index in [0.717, 1.165) is 6.07 Å². The first-order valence-corrected chi connectivity index (χ1v) is 13.0. The van der Waals surface area contributed by atoms with E-state index in [-0.39, 0.29) is 24.3 Å². The first kappa shape index (κ1) is 32.2. The van der Waals surface area contributed by atoms with Crippen LogP contribution in [0.1, 0.15) is 58.6 Å². The van der Waals surface area contributed by atoms with Crippen LogP contribution >= 0.6 is 0 Å².